The van der Waals surface area contributed by atoms with E-state index in [-0.39, 0.29) is 24.8 Å². The first-order chi connectivity index (χ1) is 15.6. The molecule has 0 aliphatic rings. The lowest BCUT2D eigenvalue weighted by Gasteiger charge is -2.08. The lowest BCUT2D eigenvalue weighted by Crippen LogP contribution is -2.08. The summed E-state index contributed by atoms with van der Waals surface area (Å²) in [5.41, 5.74) is 2.98. The third kappa shape index (κ3) is 5.12. The first-order valence-corrected chi connectivity index (χ1v) is 11.3. The van der Waals surface area contributed by atoms with Crippen LogP contribution in [0, 0.1) is 5.82 Å². The number of esters is 1. The number of nitrogens with zero attached hydrogens (tertiary/aromatic N) is 2. The minimum absolute atomic E-state index is 0.0682. The van der Waals surface area contributed by atoms with Gasteiger partial charge in [-0.2, -0.15) is 0 Å². The number of carbonyl (C=O) groups excluding carboxylic acids is 1. The highest BCUT2D eigenvalue weighted by Crippen LogP contribution is 2.33. The van der Waals surface area contributed by atoms with Gasteiger partial charge in [-0.05, 0) is 42.5 Å². The Hall–Kier alpha value is -3.30. The van der Waals surface area contributed by atoms with E-state index in [4.69, 9.17) is 14.2 Å². The molecular formula is C23H19FN2O4S2. The van der Waals surface area contributed by atoms with E-state index in [0.717, 1.165) is 21.1 Å². The minimum atomic E-state index is -0.384. The highest BCUT2D eigenvalue weighted by atomic mass is 32.1. The number of benzene rings is 2. The standard InChI is InChI=1S/C23H19FN2O4S2/c1-28-19-8-5-15(9-20(19)29-2)23-25-17(12-31-23)10-21(27)30-11-18-13-32-22(26-18)14-3-6-16(24)7-4-14/h3-9,12-13H,10-11H2,1-2H3. The van der Waals surface area contributed by atoms with Crippen molar-refractivity contribution in [2.24, 2.45) is 0 Å². The summed E-state index contributed by atoms with van der Waals surface area (Å²) in [7, 11) is 3.16. The molecule has 2 heterocycles. The van der Waals surface area contributed by atoms with Gasteiger partial charge in [-0.25, -0.2) is 14.4 Å². The SMILES string of the molecule is COc1ccc(-c2nc(CC(=O)OCc3csc(-c4ccc(F)cc4)n3)cs2)cc1OC. The van der Waals surface area contributed by atoms with E-state index in [1.807, 2.05) is 29.0 Å². The van der Waals surface area contributed by atoms with Crippen molar-refractivity contribution in [3.8, 4) is 32.6 Å². The average Bonchev–Trinajstić information content (AvgIpc) is 3.47. The van der Waals surface area contributed by atoms with Crippen LogP contribution in [0.15, 0.2) is 53.2 Å². The fourth-order valence-corrected chi connectivity index (χ4v) is 4.57. The van der Waals surface area contributed by atoms with E-state index in [2.05, 4.69) is 9.97 Å². The molecule has 2 aromatic carbocycles. The Morgan fingerprint density at radius 3 is 2.22 bits per heavy atom. The molecule has 6 nitrogen and oxygen atoms in total. The van der Waals surface area contributed by atoms with Gasteiger partial charge in [0, 0.05) is 21.9 Å². The molecular weight excluding hydrogens is 451 g/mol. The molecule has 0 unspecified atom stereocenters. The molecule has 0 spiro atoms. The largest absolute Gasteiger partial charge is 0.493 e. The normalized spacial score (nSPS) is 10.7. The highest BCUT2D eigenvalue weighted by molar-refractivity contribution is 7.13. The Balaban J connectivity index is 1.34. The van der Waals surface area contributed by atoms with Gasteiger partial charge >= 0.3 is 5.97 Å². The van der Waals surface area contributed by atoms with Crippen LogP contribution in [0.2, 0.25) is 0 Å². The van der Waals surface area contributed by atoms with Gasteiger partial charge in [0.1, 0.15) is 22.4 Å². The van der Waals surface area contributed by atoms with Crippen molar-refractivity contribution < 1.29 is 23.4 Å². The van der Waals surface area contributed by atoms with Crippen molar-refractivity contribution in [3.63, 3.8) is 0 Å². The van der Waals surface area contributed by atoms with Crippen LogP contribution in [-0.2, 0) is 22.6 Å². The molecule has 0 aliphatic heterocycles. The van der Waals surface area contributed by atoms with Crippen molar-refractivity contribution in [2.45, 2.75) is 13.0 Å². The van der Waals surface area contributed by atoms with Crippen LogP contribution < -0.4 is 9.47 Å². The number of hydrogen-bond donors (Lipinski definition) is 0. The molecule has 0 saturated heterocycles. The number of thiazole rings is 2. The zero-order valence-electron chi connectivity index (χ0n) is 17.3. The van der Waals surface area contributed by atoms with Gasteiger partial charge in [-0.3, -0.25) is 4.79 Å². The summed E-state index contributed by atoms with van der Waals surface area (Å²) in [4.78, 5) is 21.3. The van der Waals surface area contributed by atoms with Crippen LogP contribution in [0.4, 0.5) is 4.39 Å². The number of aromatic nitrogens is 2. The number of carbonyl (C=O) groups is 1. The van der Waals surface area contributed by atoms with E-state index in [9.17, 15) is 9.18 Å². The Morgan fingerprint density at radius 2 is 1.50 bits per heavy atom. The second-order valence-electron chi connectivity index (χ2n) is 6.70. The Labute approximate surface area is 192 Å². The van der Waals surface area contributed by atoms with Crippen molar-refractivity contribution in [1.29, 1.82) is 0 Å². The minimum Gasteiger partial charge on any atom is -0.493 e. The topological polar surface area (TPSA) is 70.5 Å². The lowest BCUT2D eigenvalue weighted by molar-refractivity contribution is -0.144. The molecule has 0 N–H and O–H groups in total. The Morgan fingerprint density at radius 1 is 0.875 bits per heavy atom. The Kier molecular flexibility index (Phi) is 6.77. The molecule has 4 rings (SSSR count). The molecule has 2 aromatic heterocycles. The second kappa shape index (κ2) is 9.88. The van der Waals surface area contributed by atoms with Crippen molar-refractivity contribution in [1.82, 2.24) is 9.97 Å². The molecule has 32 heavy (non-hydrogen) atoms. The number of hydrogen-bond acceptors (Lipinski definition) is 8. The maximum absolute atomic E-state index is 13.1. The summed E-state index contributed by atoms with van der Waals surface area (Å²) in [5.74, 6) is 0.576. The van der Waals surface area contributed by atoms with Crippen molar-refractivity contribution >= 4 is 28.6 Å². The van der Waals surface area contributed by atoms with Gasteiger partial charge in [-0.1, -0.05) is 0 Å². The molecule has 0 fully saturated rings. The Bertz CT molecular complexity index is 1220. The van der Waals surface area contributed by atoms with Gasteiger partial charge in [0.05, 0.1) is 32.0 Å². The van der Waals surface area contributed by atoms with Crippen LogP contribution in [-0.4, -0.2) is 30.2 Å². The van der Waals surface area contributed by atoms with E-state index in [0.29, 0.717) is 22.9 Å². The summed E-state index contributed by atoms with van der Waals surface area (Å²) >= 11 is 2.86. The fraction of sp³-hybridized carbons (Fsp3) is 0.174. The van der Waals surface area contributed by atoms with Crippen LogP contribution in [0.25, 0.3) is 21.1 Å². The average molecular weight is 471 g/mol. The maximum Gasteiger partial charge on any atom is 0.312 e. The smallest absolute Gasteiger partial charge is 0.312 e. The second-order valence-corrected chi connectivity index (χ2v) is 8.42. The van der Waals surface area contributed by atoms with Gasteiger partial charge in [-0.15, -0.1) is 22.7 Å². The zero-order valence-corrected chi connectivity index (χ0v) is 19.0. The molecule has 164 valence electrons. The quantitative estimate of drug-likeness (QED) is 0.322. The van der Waals surface area contributed by atoms with Crippen LogP contribution in [0.3, 0.4) is 0 Å². The summed E-state index contributed by atoms with van der Waals surface area (Å²) in [6.45, 7) is 0.0726. The van der Waals surface area contributed by atoms with Gasteiger partial charge < -0.3 is 14.2 Å². The van der Waals surface area contributed by atoms with Gasteiger partial charge in [0.15, 0.2) is 11.5 Å². The summed E-state index contributed by atoms with van der Waals surface area (Å²) in [6.07, 6.45) is 0.0682. The summed E-state index contributed by atoms with van der Waals surface area (Å²) < 4.78 is 29.0. The van der Waals surface area contributed by atoms with Gasteiger partial charge in [0.25, 0.3) is 0 Å². The summed E-state index contributed by atoms with van der Waals surface area (Å²) in [5, 5.41) is 5.18. The molecule has 0 aliphatic carbocycles. The molecule has 4 aromatic rings. The predicted octanol–water partition coefficient (Wildman–Crippen LogP) is 5.38. The number of methoxy groups -OCH3 is 2. The van der Waals surface area contributed by atoms with Crippen LogP contribution >= 0.6 is 22.7 Å². The predicted molar refractivity (Wildman–Crippen MR) is 122 cm³/mol. The maximum atomic E-state index is 13.1. The third-order valence-corrected chi connectivity index (χ3v) is 6.41. The van der Waals surface area contributed by atoms with Crippen LogP contribution in [0.5, 0.6) is 11.5 Å². The number of ether oxygens (including phenoxy) is 3. The first kappa shape index (κ1) is 21.9. The molecule has 0 amide bonds. The van der Waals surface area contributed by atoms with Crippen LogP contribution in [0.1, 0.15) is 11.4 Å². The van der Waals surface area contributed by atoms with E-state index < -0.39 is 0 Å². The summed E-state index contributed by atoms with van der Waals surface area (Å²) in [6, 6.07) is 11.7. The van der Waals surface area contributed by atoms with Gasteiger partial charge in [0.2, 0.25) is 0 Å². The van der Waals surface area contributed by atoms with E-state index in [1.165, 1.54) is 34.8 Å². The fourth-order valence-electron chi connectivity index (χ4n) is 2.94. The molecule has 0 radical (unpaired) electrons. The van der Waals surface area contributed by atoms with Crippen molar-refractivity contribution in [3.05, 3.63) is 70.4 Å². The molecule has 0 atom stereocenters. The molecule has 9 heteroatoms. The first-order valence-electron chi connectivity index (χ1n) is 9.58. The monoisotopic (exact) mass is 470 g/mol. The van der Waals surface area contributed by atoms with E-state index >= 15 is 0 Å². The molecule has 0 saturated carbocycles. The third-order valence-electron chi connectivity index (χ3n) is 4.53. The van der Waals surface area contributed by atoms with E-state index in [1.54, 1.807) is 26.4 Å². The van der Waals surface area contributed by atoms with Crippen molar-refractivity contribution in [2.75, 3.05) is 14.2 Å². The zero-order chi connectivity index (χ0) is 22.5. The highest BCUT2D eigenvalue weighted by Gasteiger charge is 2.13. The number of rotatable bonds is 8. The lowest BCUT2D eigenvalue weighted by atomic mass is 10.2. The molecule has 0 bridgehead atoms. The number of halogens is 1.